The van der Waals surface area contributed by atoms with Gasteiger partial charge in [0.15, 0.2) is 0 Å². The Hall–Kier alpha value is -2.25. The SMILES string of the molecule is COc1ccc(/C=C2\SC(=O)N(CCOc3cc(C)ccc3C(C)C)C2=O)cc1Br. The van der Waals surface area contributed by atoms with Crippen molar-refractivity contribution in [3.05, 3.63) is 62.5 Å². The van der Waals surface area contributed by atoms with Crippen molar-refractivity contribution in [3.8, 4) is 11.5 Å². The summed E-state index contributed by atoms with van der Waals surface area (Å²) in [4.78, 5) is 26.7. The predicted octanol–water partition coefficient (Wildman–Crippen LogP) is 6.00. The minimum atomic E-state index is -0.297. The summed E-state index contributed by atoms with van der Waals surface area (Å²) in [6.45, 7) is 6.69. The van der Waals surface area contributed by atoms with Gasteiger partial charge in [0.2, 0.25) is 0 Å². The second-order valence-electron chi connectivity index (χ2n) is 7.27. The molecule has 0 saturated carbocycles. The van der Waals surface area contributed by atoms with Gasteiger partial charge in [-0.2, -0.15) is 0 Å². The van der Waals surface area contributed by atoms with E-state index in [-0.39, 0.29) is 24.3 Å². The molecule has 7 heteroatoms. The van der Waals surface area contributed by atoms with Crippen molar-refractivity contribution >= 4 is 44.9 Å². The Bertz CT molecular complexity index is 1000. The van der Waals surface area contributed by atoms with Gasteiger partial charge in [-0.3, -0.25) is 14.5 Å². The molecule has 0 bridgehead atoms. The molecule has 1 aliphatic rings. The van der Waals surface area contributed by atoms with Crippen LogP contribution in [0, 0.1) is 6.92 Å². The van der Waals surface area contributed by atoms with Gasteiger partial charge < -0.3 is 9.47 Å². The second kappa shape index (κ2) is 9.71. The molecule has 0 aromatic heterocycles. The van der Waals surface area contributed by atoms with Crippen molar-refractivity contribution in [2.75, 3.05) is 20.3 Å². The lowest BCUT2D eigenvalue weighted by Gasteiger charge is -2.17. The van der Waals surface area contributed by atoms with E-state index in [0.29, 0.717) is 16.6 Å². The van der Waals surface area contributed by atoms with E-state index in [4.69, 9.17) is 9.47 Å². The summed E-state index contributed by atoms with van der Waals surface area (Å²) in [5.41, 5.74) is 3.03. The summed E-state index contributed by atoms with van der Waals surface area (Å²) >= 11 is 4.38. The number of benzene rings is 2. The molecule has 1 fully saturated rings. The first kappa shape index (κ1) is 22.4. The van der Waals surface area contributed by atoms with E-state index in [1.54, 1.807) is 13.2 Å². The molecule has 1 aliphatic heterocycles. The number of methoxy groups -OCH3 is 1. The lowest BCUT2D eigenvalue weighted by atomic mass is 10.0. The van der Waals surface area contributed by atoms with E-state index in [9.17, 15) is 9.59 Å². The molecule has 0 aliphatic carbocycles. The van der Waals surface area contributed by atoms with Gasteiger partial charge in [-0.15, -0.1) is 0 Å². The van der Waals surface area contributed by atoms with Crippen molar-refractivity contribution in [1.82, 2.24) is 4.90 Å². The zero-order valence-electron chi connectivity index (χ0n) is 17.4. The van der Waals surface area contributed by atoms with Crippen molar-refractivity contribution in [3.63, 3.8) is 0 Å². The summed E-state index contributed by atoms with van der Waals surface area (Å²) in [5, 5.41) is -0.282. The first-order valence-electron chi connectivity index (χ1n) is 9.62. The third-order valence-corrected chi connectivity index (χ3v) is 6.24. The first-order valence-corrected chi connectivity index (χ1v) is 11.2. The Balaban J connectivity index is 1.67. The highest BCUT2D eigenvalue weighted by molar-refractivity contribution is 9.10. The van der Waals surface area contributed by atoms with Crippen LogP contribution in [0.15, 0.2) is 45.8 Å². The van der Waals surface area contributed by atoms with Crippen LogP contribution in [0.5, 0.6) is 11.5 Å². The average molecular weight is 490 g/mol. The molecule has 5 nitrogen and oxygen atoms in total. The Morgan fingerprint density at radius 2 is 1.90 bits per heavy atom. The predicted molar refractivity (Wildman–Crippen MR) is 124 cm³/mol. The van der Waals surface area contributed by atoms with E-state index < -0.39 is 0 Å². The number of halogens is 1. The number of rotatable bonds is 7. The maximum Gasteiger partial charge on any atom is 0.293 e. The normalized spacial score (nSPS) is 15.4. The van der Waals surface area contributed by atoms with Crippen molar-refractivity contribution in [2.24, 2.45) is 0 Å². The van der Waals surface area contributed by atoms with Gasteiger partial charge in [-0.05, 0) is 81.5 Å². The number of nitrogens with zero attached hydrogens (tertiary/aromatic N) is 1. The summed E-state index contributed by atoms with van der Waals surface area (Å²) < 4.78 is 11.9. The van der Waals surface area contributed by atoms with E-state index in [1.165, 1.54) is 4.90 Å². The minimum absolute atomic E-state index is 0.208. The number of hydrogen-bond donors (Lipinski definition) is 0. The van der Waals surface area contributed by atoms with Crippen LogP contribution in [0.4, 0.5) is 4.79 Å². The van der Waals surface area contributed by atoms with Crippen LogP contribution < -0.4 is 9.47 Å². The number of carbonyl (C=O) groups excluding carboxylic acids is 2. The highest BCUT2D eigenvalue weighted by Gasteiger charge is 2.34. The van der Waals surface area contributed by atoms with E-state index in [0.717, 1.165) is 38.7 Å². The molecule has 0 atom stereocenters. The molecule has 0 radical (unpaired) electrons. The number of carbonyl (C=O) groups is 2. The van der Waals surface area contributed by atoms with Gasteiger partial charge in [0, 0.05) is 0 Å². The molecule has 2 aromatic rings. The number of thioether (sulfide) groups is 1. The van der Waals surface area contributed by atoms with Gasteiger partial charge >= 0.3 is 0 Å². The fourth-order valence-corrected chi connectivity index (χ4v) is 4.53. The monoisotopic (exact) mass is 489 g/mol. The zero-order chi connectivity index (χ0) is 21.8. The van der Waals surface area contributed by atoms with Gasteiger partial charge in [-0.25, -0.2) is 0 Å². The second-order valence-corrected chi connectivity index (χ2v) is 9.12. The van der Waals surface area contributed by atoms with Gasteiger partial charge in [-0.1, -0.05) is 32.0 Å². The first-order chi connectivity index (χ1) is 14.3. The lowest BCUT2D eigenvalue weighted by molar-refractivity contribution is -0.123. The fourth-order valence-electron chi connectivity index (χ4n) is 3.11. The maximum atomic E-state index is 12.7. The molecule has 1 saturated heterocycles. The number of hydrogen-bond acceptors (Lipinski definition) is 5. The highest BCUT2D eigenvalue weighted by Crippen LogP contribution is 2.34. The summed E-state index contributed by atoms with van der Waals surface area (Å²) in [6, 6.07) is 11.6. The average Bonchev–Trinajstić information content (AvgIpc) is 2.95. The lowest BCUT2D eigenvalue weighted by Crippen LogP contribution is -2.32. The molecule has 0 unspecified atom stereocenters. The Morgan fingerprint density at radius 1 is 1.13 bits per heavy atom. The third kappa shape index (κ3) is 5.08. The molecule has 30 heavy (non-hydrogen) atoms. The van der Waals surface area contributed by atoms with Crippen LogP contribution in [0.25, 0.3) is 6.08 Å². The largest absolute Gasteiger partial charge is 0.496 e. The fraction of sp³-hybridized carbons (Fsp3) is 0.304. The number of imide groups is 1. The van der Waals surface area contributed by atoms with Gasteiger partial charge in [0.25, 0.3) is 11.1 Å². The zero-order valence-corrected chi connectivity index (χ0v) is 19.8. The molecule has 3 rings (SSSR count). The summed E-state index contributed by atoms with van der Waals surface area (Å²) in [7, 11) is 1.59. The van der Waals surface area contributed by atoms with Crippen LogP contribution in [0.3, 0.4) is 0 Å². The maximum absolute atomic E-state index is 12.7. The topological polar surface area (TPSA) is 55.8 Å². The molecule has 0 N–H and O–H groups in total. The van der Waals surface area contributed by atoms with Crippen LogP contribution >= 0.6 is 27.7 Å². The van der Waals surface area contributed by atoms with Crippen molar-refractivity contribution in [1.29, 1.82) is 0 Å². The van der Waals surface area contributed by atoms with Gasteiger partial charge in [0.05, 0.1) is 23.0 Å². The molecule has 1 heterocycles. The number of amides is 2. The van der Waals surface area contributed by atoms with Crippen molar-refractivity contribution < 1.29 is 19.1 Å². The Labute approximate surface area is 189 Å². The van der Waals surface area contributed by atoms with Crippen molar-refractivity contribution in [2.45, 2.75) is 26.7 Å². The highest BCUT2D eigenvalue weighted by atomic mass is 79.9. The number of aryl methyl sites for hydroxylation is 1. The molecule has 2 amide bonds. The Morgan fingerprint density at radius 3 is 2.57 bits per heavy atom. The number of ether oxygens (including phenoxy) is 2. The molecular formula is C23H24BrNO4S. The summed E-state index contributed by atoms with van der Waals surface area (Å²) in [5.74, 6) is 1.53. The minimum Gasteiger partial charge on any atom is -0.496 e. The van der Waals surface area contributed by atoms with Crippen LogP contribution in [-0.2, 0) is 4.79 Å². The van der Waals surface area contributed by atoms with Crippen LogP contribution in [0.1, 0.15) is 36.5 Å². The van der Waals surface area contributed by atoms with E-state index in [2.05, 4.69) is 41.9 Å². The van der Waals surface area contributed by atoms with Crippen LogP contribution in [0.2, 0.25) is 0 Å². The van der Waals surface area contributed by atoms with E-state index >= 15 is 0 Å². The smallest absolute Gasteiger partial charge is 0.293 e. The summed E-state index contributed by atoms with van der Waals surface area (Å²) in [6.07, 6.45) is 1.72. The molecular weight excluding hydrogens is 466 g/mol. The van der Waals surface area contributed by atoms with Gasteiger partial charge in [0.1, 0.15) is 18.1 Å². The molecule has 0 spiro atoms. The van der Waals surface area contributed by atoms with E-state index in [1.807, 2.05) is 31.2 Å². The Kier molecular flexibility index (Phi) is 7.26. The van der Waals surface area contributed by atoms with Crippen LogP contribution in [-0.4, -0.2) is 36.3 Å². The quantitative estimate of drug-likeness (QED) is 0.446. The standard InChI is InChI=1S/C23H24BrNO4S/c1-14(2)17-7-5-15(3)11-20(17)29-10-9-25-22(26)21(30-23(25)27)13-16-6-8-19(28-4)18(24)12-16/h5-8,11-14H,9-10H2,1-4H3/b21-13-. The molecule has 158 valence electrons. The third-order valence-electron chi connectivity index (χ3n) is 4.71. The molecule has 2 aromatic carbocycles.